The minimum absolute atomic E-state index is 0.0293. The number of esters is 3. The summed E-state index contributed by atoms with van der Waals surface area (Å²) in [5.41, 5.74) is -7.85. The van der Waals surface area contributed by atoms with Crippen molar-refractivity contribution < 1.29 is 63.0 Å². The zero-order chi connectivity index (χ0) is 42.7. The summed E-state index contributed by atoms with van der Waals surface area (Å²) in [5.74, 6) is -5.98. The molecule has 0 spiro atoms. The molecule has 1 aromatic rings. The maximum absolute atomic E-state index is 15.0. The number of alkyl carbamates (subject to hydrolysis) is 1. The van der Waals surface area contributed by atoms with Crippen molar-refractivity contribution in [2.45, 2.75) is 135 Å². The lowest BCUT2D eigenvalue weighted by molar-refractivity contribution is -0.346. The summed E-state index contributed by atoms with van der Waals surface area (Å²) in [6.45, 7) is 13.9. The average molecular weight is 808 g/mol. The van der Waals surface area contributed by atoms with Crippen molar-refractivity contribution in [2.75, 3.05) is 6.61 Å². The number of amides is 1. The molecule has 2 bridgehead atoms. The van der Waals surface area contributed by atoms with Crippen molar-refractivity contribution in [3.05, 3.63) is 71.3 Å². The van der Waals surface area contributed by atoms with E-state index >= 15 is 0 Å². The van der Waals surface area contributed by atoms with Crippen LogP contribution in [0.5, 0.6) is 0 Å². The summed E-state index contributed by atoms with van der Waals surface area (Å²) in [6.07, 6.45) is -0.689. The number of aliphatic hydroxyl groups excluding tert-OH is 2. The lowest BCUT2D eigenvalue weighted by Crippen LogP contribution is -2.81. The third kappa shape index (κ3) is 7.19. The lowest BCUT2D eigenvalue weighted by Gasteiger charge is -2.67. The van der Waals surface area contributed by atoms with E-state index in [1.165, 1.54) is 26.0 Å². The lowest BCUT2D eigenvalue weighted by atomic mass is 9.44. The van der Waals surface area contributed by atoms with Gasteiger partial charge in [0, 0.05) is 31.1 Å². The summed E-state index contributed by atoms with van der Waals surface area (Å²) in [4.78, 5) is 69.4. The molecule has 4 aliphatic carbocycles. The first-order valence-electron chi connectivity index (χ1n) is 19.9. The predicted octanol–water partition coefficient (Wildman–Crippen LogP) is 4.29. The zero-order valence-corrected chi connectivity index (χ0v) is 34.6. The Morgan fingerprint density at radius 1 is 1.02 bits per heavy atom. The highest BCUT2D eigenvalue weighted by atomic mass is 16.6. The summed E-state index contributed by atoms with van der Waals surface area (Å²) in [6, 6.07) is 7.21. The number of carbonyl (C=O) groups is 5. The second kappa shape index (κ2) is 15.3. The van der Waals surface area contributed by atoms with Crippen LogP contribution in [0.25, 0.3) is 0 Å². The fourth-order valence-corrected chi connectivity index (χ4v) is 10.1. The van der Waals surface area contributed by atoms with Gasteiger partial charge in [-0.1, -0.05) is 56.4 Å². The first-order chi connectivity index (χ1) is 27.0. The molecule has 14 heteroatoms. The van der Waals surface area contributed by atoms with Crippen LogP contribution >= 0.6 is 0 Å². The number of benzene rings is 1. The quantitative estimate of drug-likeness (QED) is 0.165. The number of aliphatic hydroxyl groups is 3. The summed E-state index contributed by atoms with van der Waals surface area (Å²) < 4.78 is 30.1. The van der Waals surface area contributed by atoms with Crippen LogP contribution in [0.2, 0.25) is 0 Å². The van der Waals surface area contributed by atoms with E-state index in [2.05, 4.69) is 5.32 Å². The normalized spacial score (nSPS) is 36.1. The number of fused-ring (bicyclic) bond motifs is 5. The summed E-state index contributed by atoms with van der Waals surface area (Å²) in [7, 11) is 0. The molecule has 1 aliphatic heterocycles. The van der Waals surface area contributed by atoms with Crippen molar-refractivity contribution in [3.8, 4) is 0 Å². The summed E-state index contributed by atoms with van der Waals surface area (Å²) >= 11 is 0. The Kier molecular flexibility index (Phi) is 11.4. The molecule has 6 rings (SSSR count). The van der Waals surface area contributed by atoms with Crippen molar-refractivity contribution in [2.24, 2.45) is 28.6 Å². The van der Waals surface area contributed by atoms with E-state index in [0.717, 1.165) is 0 Å². The first-order valence-corrected chi connectivity index (χ1v) is 19.9. The molecule has 14 nitrogen and oxygen atoms in total. The Labute approximate surface area is 339 Å². The van der Waals surface area contributed by atoms with Crippen LogP contribution < -0.4 is 5.32 Å². The third-order valence-corrected chi connectivity index (χ3v) is 13.2. The van der Waals surface area contributed by atoms with E-state index in [9.17, 15) is 39.3 Å². The Morgan fingerprint density at radius 2 is 1.69 bits per heavy atom. The van der Waals surface area contributed by atoms with E-state index in [4.69, 9.17) is 23.7 Å². The topological polar surface area (TPSA) is 204 Å². The highest BCUT2D eigenvalue weighted by Gasteiger charge is 2.78. The standard InChI is InChI=1S/C44H57NO13/c1-23-28(55-37(50)24(2)32(26-16-12-10-13-17-26)45-39(52)58-40(4,5)6)21-44(53)36(56-38(51)27-18-14-11-15-19-27)34-42(9,35(49)33(48)31(23)41(44,7)8)29(47)20-30-43(34,22-54-30)57-25(3)46/h10-16,18-19,24,26,28-30,32-34,36,47-48,53H,17,20-22H2,1-9H3,(H,45,52)/t24-,26?,28+,29+,30?,32-,33?,34?,36?,42-,43+,44?/m1/s1. The second-order valence-corrected chi connectivity index (χ2v) is 18.3. The van der Waals surface area contributed by atoms with Crippen LogP contribution in [0.3, 0.4) is 0 Å². The fourth-order valence-electron chi connectivity index (χ4n) is 10.1. The first kappa shape index (κ1) is 43.2. The molecule has 4 N–H and O–H groups in total. The molecule has 3 fully saturated rings. The van der Waals surface area contributed by atoms with Gasteiger partial charge in [-0.3, -0.25) is 14.4 Å². The smallest absolute Gasteiger partial charge is 0.407 e. The number of Topliss-reactive ketones (excluding diaryl/α,β-unsaturated/α-hetero) is 1. The predicted molar refractivity (Wildman–Crippen MR) is 208 cm³/mol. The van der Waals surface area contributed by atoms with Crippen molar-refractivity contribution >= 4 is 29.8 Å². The number of hydrogen-bond donors (Lipinski definition) is 4. The van der Waals surface area contributed by atoms with Gasteiger partial charge in [0.15, 0.2) is 11.4 Å². The maximum atomic E-state index is 15.0. The van der Waals surface area contributed by atoms with Gasteiger partial charge in [0.25, 0.3) is 0 Å². The van der Waals surface area contributed by atoms with Gasteiger partial charge in [-0.05, 0) is 71.2 Å². The van der Waals surface area contributed by atoms with Gasteiger partial charge in [0.1, 0.15) is 35.6 Å². The van der Waals surface area contributed by atoms with Crippen LogP contribution in [-0.4, -0.2) is 105 Å². The summed E-state index contributed by atoms with van der Waals surface area (Å²) in [5, 5.41) is 40.5. The average Bonchev–Trinajstić information content (AvgIpc) is 3.14. The molecule has 316 valence electrons. The maximum Gasteiger partial charge on any atom is 0.407 e. The molecule has 1 aromatic carbocycles. The number of allylic oxidation sites excluding steroid dienone is 3. The Balaban J connectivity index is 1.47. The van der Waals surface area contributed by atoms with Gasteiger partial charge >= 0.3 is 24.0 Å². The minimum atomic E-state index is -2.26. The van der Waals surface area contributed by atoms with Gasteiger partial charge in [-0.25, -0.2) is 9.59 Å². The van der Waals surface area contributed by atoms with Crippen molar-refractivity contribution in [1.29, 1.82) is 0 Å². The molecule has 58 heavy (non-hydrogen) atoms. The Morgan fingerprint density at radius 3 is 2.26 bits per heavy atom. The Hall–Kier alpha value is -4.37. The molecule has 5 aliphatic rings. The number of ketones is 1. The van der Waals surface area contributed by atoms with Crippen molar-refractivity contribution in [3.63, 3.8) is 0 Å². The van der Waals surface area contributed by atoms with Gasteiger partial charge in [0.05, 0.1) is 41.6 Å². The van der Waals surface area contributed by atoms with E-state index in [-0.39, 0.29) is 35.7 Å². The SMILES string of the molecule is CC(=O)O[C@@]12COC1C[C@H](O)[C@@]1(C)C(=O)C(O)C3=C(C)[C@@H](OC(=O)[C@H](C)[C@@H](NC(=O)OC(C)(C)C)C4C=CC=CC4)CC(O)(C(OC(=O)c4ccccc4)C21)C3(C)C. The van der Waals surface area contributed by atoms with Gasteiger partial charge < -0.3 is 44.3 Å². The third-order valence-electron chi connectivity index (χ3n) is 13.2. The molecule has 1 amide bonds. The van der Waals surface area contributed by atoms with Gasteiger partial charge in [0.2, 0.25) is 0 Å². The van der Waals surface area contributed by atoms with Gasteiger partial charge in [-0.2, -0.15) is 0 Å². The molecular weight excluding hydrogens is 750 g/mol. The van der Waals surface area contributed by atoms with Crippen LogP contribution in [0.15, 0.2) is 65.8 Å². The fraction of sp³-hybridized carbons (Fsp3) is 0.614. The number of rotatable bonds is 8. The molecule has 12 atom stereocenters. The molecule has 2 saturated carbocycles. The zero-order valence-electron chi connectivity index (χ0n) is 34.6. The van der Waals surface area contributed by atoms with E-state index in [1.54, 1.807) is 66.7 Å². The van der Waals surface area contributed by atoms with Crippen LogP contribution in [0.4, 0.5) is 4.79 Å². The number of nitrogens with one attached hydrogen (secondary N) is 1. The minimum Gasteiger partial charge on any atom is -0.457 e. The van der Waals surface area contributed by atoms with Crippen LogP contribution in [0, 0.1) is 28.6 Å². The van der Waals surface area contributed by atoms with E-state index in [0.29, 0.717) is 6.42 Å². The largest absolute Gasteiger partial charge is 0.457 e. The molecular formula is C44H57NO13. The number of carbonyl (C=O) groups excluding carboxylic acids is 5. The number of ether oxygens (including phenoxy) is 5. The van der Waals surface area contributed by atoms with E-state index < -0.39 is 112 Å². The Bertz CT molecular complexity index is 1910. The van der Waals surface area contributed by atoms with E-state index in [1.807, 2.05) is 24.3 Å². The van der Waals surface area contributed by atoms with Crippen LogP contribution in [-0.2, 0) is 38.1 Å². The van der Waals surface area contributed by atoms with Crippen molar-refractivity contribution in [1.82, 2.24) is 5.32 Å². The monoisotopic (exact) mass is 807 g/mol. The van der Waals surface area contributed by atoms with Crippen LogP contribution in [0.1, 0.15) is 91.9 Å². The molecule has 0 radical (unpaired) electrons. The highest BCUT2D eigenvalue weighted by Crippen LogP contribution is 2.64. The second-order valence-electron chi connectivity index (χ2n) is 18.3. The molecule has 0 aromatic heterocycles. The molecule has 1 heterocycles. The molecule has 1 saturated heterocycles. The molecule has 6 unspecified atom stereocenters. The number of hydrogen-bond acceptors (Lipinski definition) is 13. The highest BCUT2D eigenvalue weighted by molar-refractivity contribution is 5.94. The van der Waals surface area contributed by atoms with Gasteiger partial charge in [-0.15, -0.1) is 0 Å².